The smallest absolute Gasteiger partial charge is 0.0608 e. The normalized spacial score (nSPS) is 18.6. The SMILES string of the molecule is CCCCCCCCc1ccc2c(c1)C=CC=C[C@@H]2C[C@@](C)(N)CO. The summed E-state index contributed by atoms with van der Waals surface area (Å²) < 4.78 is 0. The first kappa shape index (κ1) is 19.9. The fourth-order valence-electron chi connectivity index (χ4n) is 3.58. The van der Waals surface area contributed by atoms with Gasteiger partial charge in [0.15, 0.2) is 0 Å². The fourth-order valence-corrected chi connectivity index (χ4v) is 3.58. The second-order valence-corrected chi connectivity index (χ2v) is 7.85. The Morgan fingerprint density at radius 1 is 1.08 bits per heavy atom. The molecule has 0 saturated carbocycles. The number of hydrogen-bond acceptors (Lipinski definition) is 2. The largest absolute Gasteiger partial charge is 0.394 e. The molecule has 0 aromatic heterocycles. The van der Waals surface area contributed by atoms with E-state index in [1.165, 1.54) is 55.2 Å². The van der Waals surface area contributed by atoms with E-state index in [2.05, 4.69) is 49.4 Å². The van der Waals surface area contributed by atoms with Gasteiger partial charge in [0.1, 0.15) is 0 Å². The molecule has 138 valence electrons. The van der Waals surface area contributed by atoms with Gasteiger partial charge < -0.3 is 10.8 Å². The average Bonchev–Trinajstić information content (AvgIpc) is 2.79. The van der Waals surface area contributed by atoms with Crippen LogP contribution < -0.4 is 5.73 Å². The van der Waals surface area contributed by atoms with Crippen molar-refractivity contribution in [2.75, 3.05) is 6.61 Å². The highest BCUT2D eigenvalue weighted by Gasteiger charge is 2.24. The van der Waals surface area contributed by atoms with Crippen molar-refractivity contribution in [2.45, 2.75) is 76.7 Å². The summed E-state index contributed by atoms with van der Waals surface area (Å²) in [5.74, 6) is 0.259. The minimum Gasteiger partial charge on any atom is -0.394 e. The first-order chi connectivity index (χ1) is 12.1. The number of aryl methyl sites for hydroxylation is 1. The maximum atomic E-state index is 9.50. The fraction of sp³-hybridized carbons (Fsp3) is 0.565. The van der Waals surface area contributed by atoms with Crippen LogP contribution in [0.1, 0.15) is 81.4 Å². The molecule has 1 aromatic carbocycles. The highest BCUT2D eigenvalue weighted by molar-refractivity contribution is 5.60. The van der Waals surface area contributed by atoms with Crippen LogP contribution in [0, 0.1) is 0 Å². The van der Waals surface area contributed by atoms with Gasteiger partial charge in [-0.15, -0.1) is 0 Å². The van der Waals surface area contributed by atoms with Crippen LogP contribution in [0.2, 0.25) is 0 Å². The Kier molecular flexibility index (Phi) is 7.92. The molecule has 1 aliphatic carbocycles. The maximum Gasteiger partial charge on any atom is 0.0608 e. The summed E-state index contributed by atoms with van der Waals surface area (Å²) in [4.78, 5) is 0. The van der Waals surface area contributed by atoms with E-state index in [-0.39, 0.29) is 12.5 Å². The third kappa shape index (κ3) is 6.45. The van der Waals surface area contributed by atoms with Crippen molar-refractivity contribution in [2.24, 2.45) is 5.73 Å². The summed E-state index contributed by atoms with van der Waals surface area (Å²) in [5, 5.41) is 9.50. The number of benzene rings is 1. The van der Waals surface area contributed by atoms with E-state index in [1.54, 1.807) is 0 Å². The van der Waals surface area contributed by atoms with Gasteiger partial charge in [-0.25, -0.2) is 0 Å². The Morgan fingerprint density at radius 2 is 1.84 bits per heavy atom. The van der Waals surface area contributed by atoms with Crippen LogP contribution in [0.25, 0.3) is 6.08 Å². The molecule has 1 aliphatic rings. The lowest BCUT2D eigenvalue weighted by Gasteiger charge is -2.27. The Morgan fingerprint density at radius 3 is 2.60 bits per heavy atom. The first-order valence-corrected chi connectivity index (χ1v) is 9.93. The Bertz CT molecular complexity index is 586. The van der Waals surface area contributed by atoms with Crippen LogP contribution in [0.3, 0.4) is 0 Å². The summed E-state index contributed by atoms with van der Waals surface area (Å²) >= 11 is 0. The molecule has 0 amide bonds. The maximum absolute atomic E-state index is 9.50. The molecule has 0 radical (unpaired) electrons. The van der Waals surface area contributed by atoms with E-state index >= 15 is 0 Å². The highest BCUT2D eigenvalue weighted by atomic mass is 16.3. The van der Waals surface area contributed by atoms with Gasteiger partial charge in [-0.2, -0.15) is 0 Å². The minimum atomic E-state index is -0.548. The van der Waals surface area contributed by atoms with Crippen molar-refractivity contribution in [1.82, 2.24) is 0 Å². The Hall–Kier alpha value is -1.38. The number of allylic oxidation sites excluding steroid dienone is 3. The minimum absolute atomic E-state index is 0.0101. The number of fused-ring (bicyclic) bond motifs is 1. The molecule has 25 heavy (non-hydrogen) atoms. The van der Waals surface area contributed by atoms with Crippen LogP contribution >= 0.6 is 0 Å². The average molecular weight is 342 g/mol. The Labute approximate surface area is 153 Å². The molecule has 0 bridgehead atoms. The lowest BCUT2D eigenvalue weighted by Crippen LogP contribution is -2.41. The van der Waals surface area contributed by atoms with Crippen molar-refractivity contribution in [3.63, 3.8) is 0 Å². The number of hydrogen-bond donors (Lipinski definition) is 2. The second-order valence-electron chi connectivity index (χ2n) is 7.85. The van der Waals surface area contributed by atoms with Gasteiger partial charge in [0.25, 0.3) is 0 Å². The van der Waals surface area contributed by atoms with Crippen molar-refractivity contribution in [3.05, 3.63) is 53.1 Å². The van der Waals surface area contributed by atoms with Gasteiger partial charge in [0.2, 0.25) is 0 Å². The second kappa shape index (κ2) is 9.94. The lowest BCUT2D eigenvalue weighted by molar-refractivity contribution is 0.197. The van der Waals surface area contributed by atoms with E-state index in [0.29, 0.717) is 0 Å². The van der Waals surface area contributed by atoms with Crippen LogP contribution in [-0.4, -0.2) is 17.3 Å². The topological polar surface area (TPSA) is 46.2 Å². The zero-order valence-electron chi connectivity index (χ0n) is 16.0. The van der Waals surface area contributed by atoms with E-state index < -0.39 is 5.54 Å². The van der Waals surface area contributed by atoms with Crippen molar-refractivity contribution < 1.29 is 5.11 Å². The Balaban J connectivity index is 1.99. The van der Waals surface area contributed by atoms with Gasteiger partial charge in [-0.1, -0.05) is 81.5 Å². The molecule has 0 spiro atoms. The third-order valence-electron chi connectivity index (χ3n) is 5.15. The molecule has 2 heteroatoms. The summed E-state index contributed by atoms with van der Waals surface area (Å²) in [6.45, 7) is 4.20. The van der Waals surface area contributed by atoms with E-state index in [4.69, 9.17) is 5.73 Å². The van der Waals surface area contributed by atoms with E-state index in [9.17, 15) is 5.11 Å². The number of rotatable bonds is 10. The molecule has 2 nitrogen and oxygen atoms in total. The van der Waals surface area contributed by atoms with Crippen molar-refractivity contribution in [3.8, 4) is 0 Å². The number of aliphatic hydroxyl groups is 1. The number of unbranched alkanes of at least 4 members (excludes halogenated alkanes) is 5. The van der Waals surface area contributed by atoms with Crippen LogP contribution in [0.4, 0.5) is 0 Å². The zero-order chi connectivity index (χ0) is 18.1. The monoisotopic (exact) mass is 341 g/mol. The van der Waals surface area contributed by atoms with Crippen molar-refractivity contribution >= 4 is 6.08 Å². The molecular weight excluding hydrogens is 306 g/mol. The molecule has 0 unspecified atom stereocenters. The summed E-state index contributed by atoms with van der Waals surface area (Å²) in [7, 11) is 0. The molecule has 0 heterocycles. The van der Waals surface area contributed by atoms with Crippen LogP contribution in [-0.2, 0) is 6.42 Å². The van der Waals surface area contributed by atoms with Gasteiger partial charge in [0, 0.05) is 11.5 Å². The van der Waals surface area contributed by atoms with Gasteiger partial charge in [0.05, 0.1) is 6.61 Å². The molecule has 3 N–H and O–H groups in total. The standard InChI is InChI=1S/C23H35NO/c1-3-4-5-6-7-8-11-19-14-15-22-20(16-19)12-9-10-13-21(22)17-23(2,24)18-25/h9-10,12-16,21,25H,3-8,11,17-18,24H2,1-2H3/t21-,23-/m1/s1. The predicted octanol–water partition coefficient (Wildman–Crippen LogP) is 5.36. The highest BCUT2D eigenvalue weighted by Crippen LogP contribution is 2.32. The molecule has 0 fully saturated rings. The molecule has 0 aliphatic heterocycles. The zero-order valence-corrected chi connectivity index (χ0v) is 16.0. The van der Waals surface area contributed by atoms with Crippen LogP contribution in [0.5, 0.6) is 0 Å². The number of aliphatic hydroxyl groups excluding tert-OH is 1. The molecule has 1 aromatic rings. The van der Waals surface area contributed by atoms with E-state index in [0.717, 1.165) is 12.8 Å². The summed E-state index contributed by atoms with van der Waals surface area (Å²) in [6.07, 6.45) is 18.6. The number of nitrogens with two attached hydrogens (primary N) is 1. The van der Waals surface area contributed by atoms with Gasteiger partial charge >= 0.3 is 0 Å². The molecule has 2 atom stereocenters. The van der Waals surface area contributed by atoms with Gasteiger partial charge in [-0.3, -0.25) is 0 Å². The molecular formula is C23H35NO. The lowest BCUT2D eigenvalue weighted by atomic mass is 9.83. The molecule has 2 rings (SSSR count). The van der Waals surface area contributed by atoms with Crippen molar-refractivity contribution in [1.29, 1.82) is 0 Å². The third-order valence-corrected chi connectivity index (χ3v) is 5.15. The first-order valence-electron chi connectivity index (χ1n) is 9.93. The van der Waals surface area contributed by atoms with E-state index in [1.807, 2.05) is 6.92 Å². The predicted molar refractivity (Wildman–Crippen MR) is 109 cm³/mol. The van der Waals surface area contributed by atoms with Gasteiger partial charge in [-0.05, 0) is 42.9 Å². The summed E-state index contributed by atoms with van der Waals surface area (Å²) in [5.41, 5.74) is 9.70. The molecule has 0 saturated heterocycles. The summed E-state index contributed by atoms with van der Waals surface area (Å²) in [6, 6.07) is 6.88. The van der Waals surface area contributed by atoms with Crippen LogP contribution in [0.15, 0.2) is 36.4 Å². The quantitative estimate of drug-likeness (QED) is 0.563.